The Bertz CT molecular complexity index is 327. The summed E-state index contributed by atoms with van der Waals surface area (Å²) in [6, 6.07) is 7.75. The monoisotopic (exact) mass is 198 g/mol. The molecule has 0 spiro atoms. The van der Waals surface area contributed by atoms with Gasteiger partial charge in [-0.1, -0.05) is 18.2 Å². The fourth-order valence-corrected chi connectivity index (χ4v) is 2.07. The topological polar surface area (TPSA) is 26.3 Å². The first kappa shape index (κ1) is 10.5. The molecule has 0 radical (unpaired) electrons. The molecule has 0 saturated carbocycles. The Hall–Kier alpha value is -0.590. The fourth-order valence-electron chi connectivity index (χ4n) is 1.15. The molecule has 0 atom stereocenters. The van der Waals surface area contributed by atoms with E-state index in [1.165, 1.54) is 0 Å². The average molecular weight is 198 g/mol. The van der Waals surface area contributed by atoms with Crippen molar-refractivity contribution in [1.29, 1.82) is 0 Å². The highest BCUT2D eigenvalue weighted by Gasteiger charge is 2.10. The lowest BCUT2D eigenvalue weighted by Gasteiger charge is -2.08. The van der Waals surface area contributed by atoms with Gasteiger partial charge < -0.3 is 9.30 Å². The van der Waals surface area contributed by atoms with E-state index in [0.717, 1.165) is 10.9 Å². The molecule has 0 unspecified atom stereocenters. The molecule has 0 bridgehead atoms. The maximum Gasteiger partial charge on any atom is 0.109 e. The van der Waals surface area contributed by atoms with E-state index in [0.29, 0.717) is 6.61 Å². The molecule has 72 valence electrons. The Labute approximate surface area is 79.3 Å². The first-order chi connectivity index (χ1) is 6.04. The third-order valence-electron chi connectivity index (χ3n) is 1.84. The van der Waals surface area contributed by atoms with E-state index >= 15 is 0 Å². The second kappa shape index (κ2) is 4.08. The van der Waals surface area contributed by atoms with Crippen LogP contribution in [0.25, 0.3) is 0 Å². The predicted octanol–water partition coefficient (Wildman–Crippen LogP) is 2.08. The van der Waals surface area contributed by atoms with Gasteiger partial charge in [0.25, 0.3) is 0 Å². The maximum atomic E-state index is 11.7. The molecule has 0 aliphatic heterocycles. The van der Waals surface area contributed by atoms with E-state index in [2.05, 4.69) is 0 Å². The van der Waals surface area contributed by atoms with Crippen LogP contribution in [0.15, 0.2) is 24.3 Å². The lowest BCUT2D eigenvalue weighted by Crippen LogP contribution is -2.04. The summed E-state index contributed by atoms with van der Waals surface area (Å²) in [7, 11) is -0.467. The SMILES string of the molecule is COCc1cccc(P(C)(C)=O)c1. The third-order valence-corrected chi connectivity index (χ3v) is 3.37. The summed E-state index contributed by atoms with van der Waals surface area (Å²) in [4.78, 5) is 0. The fraction of sp³-hybridized carbons (Fsp3) is 0.400. The van der Waals surface area contributed by atoms with E-state index in [1.807, 2.05) is 24.3 Å². The minimum Gasteiger partial charge on any atom is -0.380 e. The number of rotatable bonds is 3. The van der Waals surface area contributed by atoms with Gasteiger partial charge in [-0.3, -0.25) is 0 Å². The van der Waals surface area contributed by atoms with E-state index < -0.39 is 7.14 Å². The molecule has 0 heterocycles. The Morgan fingerprint density at radius 2 is 2.08 bits per heavy atom. The maximum absolute atomic E-state index is 11.7. The summed E-state index contributed by atoms with van der Waals surface area (Å²) >= 11 is 0. The minimum absolute atomic E-state index is 0.577. The quantitative estimate of drug-likeness (QED) is 0.695. The molecule has 1 rings (SSSR count). The Balaban J connectivity index is 2.99. The van der Waals surface area contributed by atoms with Crippen LogP contribution in [0.5, 0.6) is 0 Å². The van der Waals surface area contributed by atoms with Crippen molar-refractivity contribution < 1.29 is 9.30 Å². The molecule has 0 aromatic heterocycles. The molecule has 1 aromatic rings. The smallest absolute Gasteiger partial charge is 0.109 e. The van der Waals surface area contributed by atoms with E-state index in [9.17, 15) is 4.57 Å². The molecule has 0 aliphatic carbocycles. The van der Waals surface area contributed by atoms with Gasteiger partial charge in [-0.05, 0) is 25.0 Å². The van der Waals surface area contributed by atoms with Crippen LogP contribution in [-0.2, 0) is 15.9 Å². The van der Waals surface area contributed by atoms with Crippen LogP contribution >= 0.6 is 7.14 Å². The lowest BCUT2D eigenvalue weighted by atomic mass is 10.2. The largest absolute Gasteiger partial charge is 0.380 e. The zero-order valence-corrected chi connectivity index (χ0v) is 9.17. The molecule has 0 fully saturated rings. The Kier molecular flexibility index (Phi) is 3.29. The highest BCUT2D eigenvalue weighted by atomic mass is 31.2. The van der Waals surface area contributed by atoms with Gasteiger partial charge in [-0.2, -0.15) is 0 Å². The van der Waals surface area contributed by atoms with Crippen LogP contribution < -0.4 is 5.30 Å². The van der Waals surface area contributed by atoms with Gasteiger partial charge in [-0.25, -0.2) is 0 Å². The van der Waals surface area contributed by atoms with Crippen LogP contribution in [0.3, 0.4) is 0 Å². The summed E-state index contributed by atoms with van der Waals surface area (Å²) < 4.78 is 16.7. The third kappa shape index (κ3) is 2.98. The van der Waals surface area contributed by atoms with Gasteiger partial charge in [0.05, 0.1) is 6.61 Å². The molecular formula is C10H15O2P. The normalized spacial score (nSPS) is 11.6. The highest BCUT2D eigenvalue weighted by Crippen LogP contribution is 2.34. The summed E-state index contributed by atoms with van der Waals surface area (Å²) in [5, 5.41) is 0.919. The Morgan fingerprint density at radius 1 is 1.38 bits per heavy atom. The van der Waals surface area contributed by atoms with Gasteiger partial charge in [0.15, 0.2) is 0 Å². The van der Waals surface area contributed by atoms with Gasteiger partial charge >= 0.3 is 0 Å². The van der Waals surface area contributed by atoms with Gasteiger partial charge in [0.1, 0.15) is 7.14 Å². The summed E-state index contributed by atoms with van der Waals surface area (Å²) in [5.41, 5.74) is 1.07. The molecule has 3 heteroatoms. The highest BCUT2D eigenvalue weighted by molar-refractivity contribution is 7.70. The van der Waals surface area contributed by atoms with Crippen molar-refractivity contribution in [2.75, 3.05) is 20.4 Å². The van der Waals surface area contributed by atoms with E-state index in [1.54, 1.807) is 20.4 Å². The standard InChI is InChI=1S/C10H15O2P/c1-12-8-9-5-4-6-10(7-9)13(2,3)11/h4-7H,8H2,1-3H3. The van der Waals surface area contributed by atoms with Crippen molar-refractivity contribution in [3.05, 3.63) is 29.8 Å². The second-order valence-corrected chi connectivity index (χ2v) is 6.67. The van der Waals surface area contributed by atoms with Crippen LogP contribution in [0.4, 0.5) is 0 Å². The van der Waals surface area contributed by atoms with Crippen LogP contribution in [0, 0.1) is 0 Å². The van der Waals surface area contributed by atoms with E-state index in [-0.39, 0.29) is 0 Å². The van der Waals surface area contributed by atoms with Crippen molar-refractivity contribution in [3.63, 3.8) is 0 Å². The zero-order chi connectivity index (χ0) is 9.90. The zero-order valence-electron chi connectivity index (χ0n) is 8.28. The van der Waals surface area contributed by atoms with Crippen molar-refractivity contribution in [2.24, 2.45) is 0 Å². The number of ether oxygens (including phenoxy) is 1. The summed E-state index contributed by atoms with van der Waals surface area (Å²) in [6.07, 6.45) is 0. The first-order valence-electron chi connectivity index (χ1n) is 4.17. The molecule has 0 aliphatic rings. The number of methoxy groups -OCH3 is 1. The van der Waals surface area contributed by atoms with Crippen LogP contribution in [0.1, 0.15) is 5.56 Å². The Morgan fingerprint density at radius 3 is 2.62 bits per heavy atom. The number of hydrogen-bond donors (Lipinski definition) is 0. The summed E-state index contributed by atoms with van der Waals surface area (Å²) in [6.45, 7) is 4.13. The second-order valence-electron chi connectivity index (χ2n) is 3.45. The molecule has 2 nitrogen and oxygen atoms in total. The number of hydrogen-bond acceptors (Lipinski definition) is 2. The van der Waals surface area contributed by atoms with E-state index in [4.69, 9.17) is 4.74 Å². The predicted molar refractivity (Wildman–Crippen MR) is 56.2 cm³/mol. The van der Waals surface area contributed by atoms with Crippen molar-refractivity contribution in [3.8, 4) is 0 Å². The van der Waals surface area contributed by atoms with Crippen LogP contribution in [-0.4, -0.2) is 20.4 Å². The van der Waals surface area contributed by atoms with Crippen molar-refractivity contribution in [1.82, 2.24) is 0 Å². The molecule has 13 heavy (non-hydrogen) atoms. The first-order valence-corrected chi connectivity index (χ1v) is 6.77. The molecule has 0 amide bonds. The lowest BCUT2D eigenvalue weighted by molar-refractivity contribution is 0.185. The number of benzene rings is 1. The molecule has 0 saturated heterocycles. The molecule has 1 aromatic carbocycles. The molecular weight excluding hydrogens is 183 g/mol. The van der Waals surface area contributed by atoms with Crippen molar-refractivity contribution in [2.45, 2.75) is 6.61 Å². The van der Waals surface area contributed by atoms with Gasteiger partial charge in [0.2, 0.25) is 0 Å². The van der Waals surface area contributed by atoms with Crippen LogP contribution in [0.2, 0.25) is 0 Å². The summed E-state index contributed by atoms with van der Waals surface area (Å²) in [5.74, 6) is 0. The minimum atomic E-state index is -2.12. The van der Waals surface area contributed by atoms with Crippen molar-refractivity contribution >= 4 is 12.4 Å². The van der Waals surface area contributed by atoms with Gasteiger partial charge in [-0.15, -0.1) is 0 Å². The molecule has 0 N–H and O–H groups in total. The average Bonchev–Trinajstić information content (AvgIpc) is 2.04. The van der Waals surface area contributed by atoms with Gasteiger partial charge in [0, 0.05) is 12.4 Å².